The second kappa shape index (κ2) is 5.54. The minimum Gasteiger partial charge on any atom is -0.315 e. The van der Waals surface area contributed by atoms with Crippen molar-refractivity contribution in [1.82, 2.24) is 4.98 Å². The lowest BCUT2D eigenvalue weighted by molar-refractivity contribution is -0.134. The van der Waals surface area contributed by atoms with E-state index in [9.17, 15) is 9.59 Å². The van der Waals surface area contributed by atoms with E-state index in [4.69, 9.17) is 11.6 Å². The molecule has 2 heterocycles. The molecule has 106 valence electrons. The third-order valence-electron chi connectivity index (χ3n) is 3.33. The van der Waals surface area contributed by atoms with Crippen molar-refractivity contribution < 1.29 is 9.59 Å². The molecule has 0 atom stereocenters. The predicted octanol–water partition coefficient (Wildman–Crippen LogP) is 2.26. The van der Waals surface area contributed by atoms with Gasteiger partial charge in [0.2, 0.25) is 0 Å². The first-order chi connectivity index (χ1) is 10.2. The number of halogens is 1. The van der Waals surface area contributed by atoms with Crippen LogP contribution in [0.4, 0.5) is 11.4 Å². The summed E-state index contributed by atoms with van der Waals surface area (Å²) in [4.78, 5) is 29.7. The number of nitrogens with one attached hydrogen (secondary N) is 1. The minimum atomic E-state index is -0.721. The zero-order chi connectivity index (χ0) is 14.8. The summed E-state index contributed by atoms with van der Waals surface area (Å²) >= 11 is 5.86. The van der Waals surface area contributed by atoms with E-state index in [-0.39, 0.29) is 5.15 Å². The minimum absolute atomic E-state index is 0.153. The molecular weight excluding hydrogens is 290 g/mol. The van der Waals surface area contributed by atoms with E-state index in [1.165, 1.54) is 11.1 Å². The molecule has 2 aromatic rings. The van der Waals surface area contributed by atoms with Gasteiger partial charge >= 0.3 is 11.8 Å². The van der Waals surface area contributed by atoms with Crippen LogP contribution in [0.1, 0.15) is 5.56 Å². The van der Waals surface area contributed by atoms with Crippen molar-refractivity contribution in [3.63, 3.8) is 0 Å². The number of hydrogen-bond acceptors (Lipinski definition) is 3. The molecule has 1 N–H and O–H groups in total. The first kappa shape index (κ1) is 13.6. The molecule has 0 fully saturated rings. The molecule has 0 saturated carbocycles. The fourth-order valence-corrected chi connectivity index (χ4v) is 2.49. The van der Waals surface area contributed by atoms with Gasteiger partial charge in [-0.05, 0) is 30.2 Å². The van der Waals surface area contributed by atoms with E-state index in [1.54, 1.807) is 12.1 Å². The standard InChI is InChI=1S/C15H12ClN3O2/c16-13-11(5-3-8-17-13)18-14(20)15(21)19-9-7-10-4-1-2-6-12(10)19/h1-6,8H,7,9H2,(H,18,20). The maximum absolute atomic E-state index is 12.3. The van der Waals surface area contributed by atoms with E-state index in [0.29, 0.717) is 12.2 Å². The molecular formula is C15H12ClN3O2. The number of para-hydroxylation sites is 1. The van der Waals surface area contributed by atoms with Crippen LogP contribution in [0.3, 0.4) is 0 Å². The Labute approximate surface area is 126 Å². The highest BCUT2D eigenvalue weighted by molar-refractivity contribution is 6.45. The molecule has 1 aliphatic heterocycles. The molecule has 2 amide bonds. The summed E-state index contributed by atoms with van der Waals surface area (Å²) in [5, 5.41) is 2.65. The van der Waals surface area contributed by atoms with Crippen molar-refractivity contribution in [2.24, 2.45) is 0 Å². The second-order valence-corrected chi connectivity index (χ2v) is 4.99. The van der Waals surface area contributed by atoms with Crippen LogP contribution in [0, 0.1) is 0 Å². The molecule has 0 aliphatic carbocycles. The van der Waals surface area contributed by atoms with E-state index < -0.39 is 11.8 Å². The van der Waals surface area contributed by atoms with E-state index >= 15 is 0 Å². The Morgan fingerprint density at radius 1 is 1.19 bits per heavy atom. The summed E-state index contributed by atoms with van der Waals surface area (Å²) in [7, 11) is 0. The van der Waals surface area contributed by atoms with E-state index in [2.05, 4.69) is 10.3 Å². The predicted molar refractivity (Wildman–Crippen MR) is 80.4 cm³/mol. The van der Waals surface area contributed by atoms with Gasteiger partial charge in [0, 0.05) is 18.4 Å². The van der Waals surface area contributed by atoms with Gasteiger partial charge in [0.1, 0.15) is 0 Å². The Balaban J connectivity index is 1.78. The normalized spacial score (nSPS) is 12.9. The molecule has 0 bridgehead atoms. The SMILES string of the molecule is O=C(Nc1cccnc1Cl)C(=O)N1CCc2ccccc21. The average molecular weight is 302 g/mol. The molecule has 6 heteroatoms. The molecule has 0 saturated heterocycles. The van der Waals surface area contributed by atoms with Crippen molar-refractivity contribution in [3.8, 4) is 0 Å². The highest BCUT2D eigenvalue weighted by Crippen LogP contribution is 2.27. The van der Waals surface area contributed by atoms with Crippen LogP contribution >= 0.6 is 11.6 Å². The van der Waals surface area contributed by atoms with Crippen LogP contribution in [-0.4, -0.2) is 23.3 Å². The average Bonchev–Trinajstić information content (AvgIpc) is 2.92. The Morgan fingerprint density at radius 2 is 2.00 bits per heavy atom. The summed E-state index contributed by atoms with van der Waals surface area (Å²) in [6.07, 6.45) is 2.26. The molecule has 0 radical (unpaired) electrons. The third-order valence-corrected chi connectivity index (χ3v) is 3.64. The van der Waals surface area contributed by atoms with Gasteiger partial charge in [-0.15, -0.1) is 0 Å². The molecule has 3 rings (SSSR count). The molecule has 1 aromatic carbocycles. The highest BCUT2D eigenvalue weighted by atomic mass is 35.5. The summed E-state index contributed by atoms with van der Waals surface area (Å²) in [6.45, 7) is 0.506. The lowest BCUT2D eigenvalue weighted by Gasteiger charge is -2.16. The highest BCUT2D eigenvalue weighted by Gasteiger charge is 2.29. The number of fused-ring (bicyclic) bond motifs is 1. The Hall–Kier alpha value is -2.40. The van der Waals surface area contributed by atoms with Crippen molar-refractivity contribution in [2.45, 2.75) is 6.42 Å². The molecule has 5 nitrogen and oxygen atoms in total. The number of pyridine rings is 1. The number of amides is 2. The number of anilines is 2. The summed E-state index contributed by atoms with van der Waals surface area (Å²) in [6, 6.07) is 10.8. The van der Waals surface area contributed by atoms with Crippen LogP contribution in [0.15, 0.2) is 42.6 Å². The summed E-state index contributed by atoms with van der Waals surface area (Å²) < 4.78 is 0. The molecule has 0 spiro atoms. The van der Waals surface area contributed by atoms with Crippen LogP contribution in [0.25, 0.3) is 0 Å². The molecule has 21 heavy (non-hydrogen) atoms. The van der Waals surface area contributed by atoms with Crippen LogP contribution < -0.4 is 10.2 Å². The Morgan fingerprint density at radius 3 is 2.81 bits per heavy atom. The first-order valence-corrected chi connectivity index (χ1v) is 6.86. The third kappa shape index (κ3) is 2.60. The van der Waals surface area contributed by atoms with Crippen molar-refractivity contribution >= 4 is 34.8 Å². The lowest BCUT2D eigenvalue weighted by atomic mass is 10.2. The second-order valence-electron chi connectivity index (χ2n) is 4.63. The van der Waals surface area contributed by atoms with Gasteiger partial charge in [-0.2, -0.15) is 0 Å². The largest absolute Gasteiger partial charge is 0.316 e. The van der Waals surface area contributed by atoms with Gasteiger partial charge in [0.05, 0.1) is 5.69 Å². The number of nitrogens with zero attached hydrogens (tertiary/aromatic N) is 2. The number of benzene rings is 1. The van der Waals surface area contributed by atoms with Gasteiger partial charge < -0.3 is 10.2 Å². The number of carbonyl (C=O) groups excluding carboxylic acids is 2. The fourth-order valence-electron chi connectivity index (χ4n) is 2.33. The van der Waals surface area contributed by atoms with E-state index in [1.807, 2.05) is 24.3 Å². The number of carbonyl (C=O) groups is 2. The van der Waals surface area contributed by atoms with Crippen molar-refractivity contribution in [2.75, 3.05) is 16.8 Å². The zero-order valence-corrected chi connectivity index (χ0v) is 11.8. The lowest BCUT2D eigenvalue weighted by Crippen LogP contribution is -2.38. The first-order valence-electron chi connectivity index (χ1n) is 6.48. The molecule has 0 unspecified atom stereocenters. The number of rotatable bonds is 1. The van der Waals surface area contributed by atoms with Crippen LogP contribution in [0.5, 0.6) is 0 Å². The van der Waals surface area contributed by atoms with Crippen LogP contribution in [-0.2, 0) is 16.0 Å². The monoisotopic (exact) mass is 301 g/mol. The quantitative estimate of drug-likeness (QED) is 0.649. The topological polar surface area (TPSA) is 62.3 Å². The van der Waals surface area contributed by atoms with Crippen LogP contribution in [0.2, 0.25) is 5.15 Å². The maximum atomic E-state index is 12.3. The van der Waals surface area contributed by atoms with Gasteiger partial charge in [0.25, 0.3) is 0 Å². The number of hydrogen-bond donors (Lipinski definition) is 1. The molecule has 1 aromatic heterocycles. The Kier molecular flexibility index (Phi) is 3.58. The number of aromatic nitrogens is 1. The maximum Gasteiger partial charge on any atom is 0.316 e. The van der Waals surface area contributed by atoms with Crippen molar-refractivity contribution in [1.29, 1.82) is 0 Å². The van der Waals surface area contributed by atoms with Gasteiger partial charge in [-0.25, -0.2) is 4.98 Å². The Bertz CT molecular complexity index is 718. The fraction of sp³-hybridized carbons (Fsp3) is 0.133. The van der Waals surface area contributed by atoms with E-state index in [0.717, 1.165) is 17.7 Å². The summed E-state index contributed by atoms with van der Waals surface area (Å²) in [5.41, 5.74) is 2.18. The van der Waals surface area contributed by atoms with Gasteiger partial charge in [-0.3, -0.25) is 9.59 Å². The smallest absolute Gasteiger partial charge is 0.315 e. The zero-order valence-electron chi connectivity index (χ0n) is 11.0. The van der Waals surface area contributed by atoms with Crippen molar-refractivity contribution in [3.05, 3.63) is 53.3 Å². The summed E-state index contributed by atoms with van der Waals surface area (Å²) in [5.74, 6) is -1.32. The molecule has 1 aliphatic rings. The van der Waals surface area contributed by atoms with Gasteiger partial charge in [0.15, 0.2) is 5.15 Å². The van der Waals surface area contributed by atoms with Gasteiger partial charge in [-0.1, -0.05) is 29.8 Å².